The second kappa shape index (κ2) is 6.83. The first-order valence-corrected chi connectivity index (χ1v) is 10.5. The number of aryl methyl sites for hydroxylation is 3. The van der Waals surface area contributed by atoms with Gasteiger partial charge in [-0.05, 0) is 51.7 Å². The van der Waals surface area contributed by atoms with Crippen LogP contribution in [0.25, 0.3) is 0 Å². The third kappa shape index (κ3) is 2.97. The number of para-hydroxylation sites is 1. The average molecular weight is 362 g/mol. The van der Waals surface area contributed by atoms with Gasteiger partial charge >= 0.3 is 0 Å². The maximum atomic E-state index is 13.7. The molecular formula is C19H27N3O2S. The number of sulfonamides is 1. The minimum atomic E-state index is -3.65. The lowest BCUT2D eigenvalue weighted by molar-refractivity contribution is 0.518. The van der Waals surface area contributed by atoms with E-state index in [4.69, 9.17) is 0 Å². The van der Waals surface area contributed by atoms with Crippen LogP contribution in [-0.4, -0.2) is 24.2 Å². The van der Waals surface area contributed by atoms with Crippen LogP contribution >= 0.6 is 0 Å². The second-order valence-electron chi connectivity index (χ2n) is 6.73. The molecule has 0 unspecified atom stereocenters. The molecule has 1 aliphatic heterocycles. The molecule has 0 saturated carbocycles. The van der Waals surface area contributed by atoms with Gasteiger partial charge in [-0.3, -0.25) is 8.99 Å². The van der Waals surface area contributed by atoms with Crippen molar-refractivity contribution >= 4 is 15.7 Å². The van der Waals surface area contributed by atoms with Crippen LogP contribution < -0.4 is 4.31 Å². The van der Waals surface area contributed by atoms with Crippen molar-refractivity contribution in [3.05, 3.63) is 41.2 Å². The van der Waals surface area contributed by atoms with Crippen molar-refractivity contribution in [2.45, 2.75) is 70.9 Å². The van der Waals surface area contributed by atoms with E-state index in [1.54, 1.807) is 15.9 Å². The Morgan fingerprint density at radius 1 is 1.20 bits per heavy atom. The molecule has 136 valence electrons. The van der Waals surface area contributed by atoms with E-state index in [1.165, 1.54) is 0 Å². The Kier molecular flexibility index (Phi) is 4.91. The maximum Gasteiger partial charge on any atom is 0.268 e. The Hall–Kier alpha value is -1.82. The zero-order chi connectivity index (χ0) is 18.2. The van der Waals surface area contributed by atoms with Gasteiger partial charge in [0.05, 0.1) is 17.1 Å². The summed E-state index contributed by atoms with van der Waals surface area (Å²) < 4.78 is 30.8. The standard InChI is InChI=1S/C19H27N3O2S/c1-5-9-17-13-12-16-10-7-8-11-18(16)22(17)25(23,24)19-14(3)20-21(6-2)15(19)4/h7-8,10-11,17H,5-6,9,12-13H2,1-4H3/t17-/m1/s1. The van der Waals surface area contributed by atoms with Crippen molar-refractivity contribution in [1.82, 2.24) is 9.78 Å². The average Bonchev–Trinajstić information content (AvgIpc) is 2.89. The highest BCUT2D eigenvalue weighted by molar-refractivity contribution is 7.93. The summed E-state index contributed by atoms with van der Waals surface area (Å²) in [6, 6.07) is 7.88. The smallest absolute Gasteiger partial charge is 0.268 e. The van der Waals surface area contributed by atoms with Crippen LogP contribution in [0.15, 0.2) is 29.2 Å². The lowest BCUT2D eigenvalue weighted by Crippen LogP contribution is -2.44. The van der Waals surface area contributed by atoms with Crippen molar-refractivity contribution in [3.63, 3.8) is 0 Å². The summed E-state index contributed by atoms with van der Waals surface area (Å²) >= 11 is 0. The molecule has 25 heavy (non-hydrogen) atoms. The fraction of sp³-hybridized carbons (Fsp3) is 0.526. The molecule has 6 heteroatoms. The van der Waals surface area contributed by atoms with Gasteiger partial charge < -0.3 is 0 Å². The number of anilines is 1. The molecule has 0 spiro atoms. The monoisotopic (exact) mass is 361 g/mol. The number of hydrogen-bond donors (Lipinski definition) is 0. The minimum absolute atomic E-state index is 0.00803. The van der Waals surface area contributed by atoms with Gasteiger partial charge in [-0.15, -0.1) is 0 Å². The van der Waals surface area contributed by atoms with Gasteiger partial charge in [-0.2, -0.15) is 5.10 Å². The first-order chi connectivity index (χ1) is 11.9. The van der Waals surface area contributed by atoms with Crippen LogP contribution in [0.4, 0.5) is 5.69 Å². The number of rotatable bonds is 5. The van der Waals surface area contributed by atoms with Crippen molar-refractivity contribution < 1.29 is 8.42 Å². The van der Waals surface area contributed by atoms with Crippen LogP contribution in [-0.2, 0) is 23.0 Å². The van der Waals surface area contributed by atoms with Crippen LogP contribution in [0.3, 0.4) is 0 Å². The summed E-state index contributed by atoms with van der Waals surface area (Å²) in [4.78, 5) is 0.368. The fourth-order valence-corrected chi connectivity index (χ4v) is 6.08. The molecule has 1 aromatic heterocycles. The van der Waals surface area contributed by atoms with Crippen LogP contribution in [0, 0.1) is 13.8 Å². The molecule has 5 nitrogen and oxygen atoms in total. The third-order valence-electron chi connectivity index (χ3n) is 5.06. The number of hydrogen-bond acceptors (Lipinski definition) is 3. The quantitative estimate of drug-likeness (QED) is 0.813. The van der Waals surface area contributed by atoms with E-state index in [9.17, 15) is 8.42 Å². The van der Waals surface area contributed by atoms with E-state index in [-0.39, 0.29) is 6.04 Å². The van der Waals surface area contributed by atoms with E-state index in [2.05, 4.69) is 12.0 Å². The zero-order valence-electron chi connectivity index (χ0n) is 15.5. The highest BCUT2D eigenvalue weighted by atomic mass is 32.2. The van der Waals surface area contributed by atoms with Crippen molar-refractivity contribution in [2.24, 2.45) is 0 Å². The van der Waals surface area contributed by atoms with Crippen LogP contribution in [0.1, 0.15) is 50.1 Å². The van der Waals surface area contributed by atoms with Gasteiger partial charge in [0, 0.05) is 12.6 Å². The summed E-state index contributed by atoms with van der Waals surface area (Å²) in [7, 11) is -3.65. The molecule has 0 fully saturated rings. The van der Waals surface area contributed by atoms with Gasteiger partial charge in [0.25, 0.3) is 10.0 Å². The van der Waals surface area contributed by atoms with Gasteiger partial charge in [-0.25, -0.2) is 8.42 Å². The molecular weight excluding hydrogens is 334 g/mol. The van der Waals surface area contributed by atoms with E-state index in [1.807, 2.05) is 38.1 Å². The van der Waals surface area contributed by atoms with E-state index < -0.39 is 10.0 Å². The molecule has 3 rings (SSSR count). The summed E-state index contributed by atoms with van der Waals surface area (Å²) in [6.07, 6.45) is 3.63. The lowest BCUT2D eigenvalue weighted by atomic mass is 9.95. The highest BCUT2D eigenvalue weighted by Crippen LogP contribution is 2.38. The molecule has 1 atom stereocenters. The predicted molar refractivity (Wildman–Crippen MR) is 100 cm³/mol. The Morgan fingerprint density at radius 3 is 2.56 bits per heavy atom. The zero-order valence-corrected chi connectivity index (χ0v) is 16.3. The van der Waals surface area contributed by atoms with E-state index in [0.29, 0.717) is 17.1 Å². The number of fused-ring (bicyclic) bond motifs is 1. The van der Waals surface area contributed by atoms with Gasteiger partial charge in [0.2, 0.25) is 0 Å². The van der Waals surface area contributed by atoms with Crippen molar-refractivity contribution in [3.8, 4) is 0 Å². The summed E-state index contributed by atoms with van der Waals surface area (Å²) in [5, 5.41) is 4.43. The fourth-order valence-electron chi connectivity index (χ4n) is 3.95. The molecule has 0 N–H and O–H groups in total. The van der Waals surface area contributed by atoms with Gasteiger partial charge in [-0.1, -0.05) is 31.5 Å². The molecule has 0 aliphatic carbocycles. The third-order valence-corrected chi connectivity index (χ3v) is 7.18. The number of nitrogens with zero attached hydrogens (tertiary/aromatic N) is 3. The molecule has 0 saturated heterocycles. The van der Waals surface area contributed by atoms with E-state index >= 15 is 0 Å². The number of aromatic nitrogens is 2. The Bertz CT molecular complexity index is 871. The van der Waals surface area contributed by atoms with Gasteiger partial charge in [0.1, 0.15) is 4.90 Å². The topological polar surface area (TPSA) is 55.2 Å². The summed E-state index contributed by atoms with van der Waals surface area (Å²) in [5.41, 5.74) is 3.24. The Balaban J connectivity index is 2.18. The second-order valence-corrected chi connectivity index (χ2v) is 8.48. The summed E-state index contributed by atoms with van der Waals surface area (Å²) in [6.45, 7) is 8.39. The molecule has 2 heterocycles. The maximum absolute atomic E-state index is 13.7. The lowest BCUT2D eigenvalue weighted by Gasteiger charge is -2.38. The molecule has 2 aromatic rings. The van der Waals surface area contributed by atoms with Crippen LogP contribution in [0.2, 0.25) is 0 Å². The highest BCUT2D eigenvalue weighted by Gasteiger charge is 2.38. The minimum Gasteiger partial charge on any atom is -0.268 e. The first-order valence-electron chi connectivity index (χ1n) is 9.08. The molecule has 1 aromatic carbocycles. The molecule has 0 amide bonds. The Morgan fingerprint density at radius 2 is 1.92 bits per heavy atom. The first kappa shape index (κ1) is 18.0. The van der Waals surface area contributed by atoms with Crippen molar-refractivity contribution in [1.29, 1.82) is 0 Å². The SMILES string of the molecule is CCC[C@@H]1CCc2ccccc2N1S(=O)(=O)c1c(C)nn(CC)c1C. The summed E-state index contributed by atoms with van der Waals surface area (Å²) in [5.74, 6) is 0. The van der Waals surface area contributed by atoms with Gasteiger partial charge in [0.15, 0.2) is 0 Å². The van der Waals surface area contributed by atoms with Crippen LogP contribution in [0.5, 0.6) is 0 Å². The normalized spacial score (nSPS) is 17.6. The predicted octanol–water partition coefficient (Wildman–Crippen LogP) is 3.83. The molecule has 0 radical (unpaired) electrons. The largest absolute Gasteiger partial charge is 0.268 e. The molecule has 1 aliphatic rings. The Labute approximate surface area is 150 Å². The van der Waals surface area contributed by atoms with Crippen molar-refractivity contribution in [2.75, 3.05) is 4.31 Å². The number of benzene rings is 1. The van der Waals surface area contributed by atoms with E-state index in [0.717, 1.165) is 42.6 Å². The molecule has 0 bridgehead atoms.